The van der Waals surface area contributed by atoms with Gasteiger partial charge < -0.3 is 14.4 Å². The number of hydrogen-bond donors (Lipinski definition) is 1. The normalized spacial score (nSPS) is 18.1. The Morgan fingerprint density at radius 1 is 0.956 bits per heavy atom. The molecule has 1 saturated carbocycles. The van der Waals surface area contributed by atoms with Gasteiger partial charge in [-0.05, 0) is 116 Å². The summed E-state index contributed by atoms with van der Waals surface area (Å²) in [6.45, 7) is 7.81. The number of H-pyrrole nitrogens is 1. The molecule has 3 aliphatic rings. The molecule has 7 nitrogen and oxygen atoms in total. The van der Waals surface area contributed by atoms with Gasteiger partial charge in [0.15, 0.2) is 0 Å². The highest BCUT2D eigenvalue weighted by Gasteiger charge is 2.35. The highest BCUT2D eigenvalue weighted by Crippen LogP contribution is 2.44. The van der Waals surface area contributed by atoms with E-state index in [2.05, 4.69) is 71.4 Å². The zero-order chi connectivity index (χ0) is 31.1. The second kappa shape index (κ2) is 12.2. The van der Waals surface area contributed by atoms with Crippen LogP contribution >= 0.6 is 0 Å². The van der Waals surface area contributed by atoms with Crippen LogP contribution in [-0.2, 0) is 17.6 Å². The summed E-state index contributed by atoms with van der Waals surface area (Å²) in [5.74, 6) is 2.20. The van der Waals surface area contributed by atoms with E-state index in [4.69, 9.17) is 9.47 Å². The number of aromatic nitrogens is 2. The van der Waals surface area contributed by atoms with Crippen LogP contribution in [0.4, 0.5) is 0 Å². The molecule has 1 aromatic heterocycles. The zero-order valence-corrected chi connectivity index (χ0v) is 26.4. The van der Waals surface area contributed by atoms with Gasteiger partial charge in [-0.15, -0.1) is 0 Å². The Labute approximate surface area is 264 Å². The molecule has 1 amide bonds. The van der Waals surface area contributed by atoms with Crippen molar-refractivity contribution in [1.29, 1.82) is 0 Å². The number of aryl methyl sites for hydroxylation is 4. The fourth-order valence-electron chi connectivity index (χ4n) is 7.14. The molecule has 1 saturated heterocycles. The third kappa shape index (κ3) is 5.88. The fraction of sp³-hybridized carbons (Fsp3) is 0.395. The van der Waals surface area contributed by atoms with E-state index in [0.29, 0.717) is 34.7 Å². The van der Waals surface area contributed by atoms with E-state index in [0.717, 1.165) is 80.5 Å². The Hall–Kier alpha value is -4.39. The van der Waals surface area contributed by atoms with Gasteiger partial charge in [-0.2, -0.15) is 5.10 Å². The van der Waals surface area contributed by atoms with Crippen molar-refractivity contribution in [2.45, 2.75) is 77.7 Å². The minimum Gasteiger partial charge on any atom is -0.485 e. The van der Waals surface area contributed by atoms with Crippen molar-refractivity contribution < 1.29 is 19.1 Å². The zero-order valence-electron chi connectivity index (χ0n) is 26.4. The predicted molar refractivity (Wildman–Crippen MR) is 174 cm³/mol. The van der Waals surface area contributed by atoms with Gasteiger partial charge in [0.1, 0.15) is 23.2 Å². The Morgan fingerprint density at radius 3 is 2.49 bits per heavy atom. The smallest absolute Gasteiger partial charge is 0.347 e. The highest BCUT2D eigenvalue weighted by molar-refractivity contribution is 5.92. The van der Waals surface area contributed by atoms with E-state index < -0.39 is 5.97 Å². The third-order valence-corrected chi connectivity index (χ3v) is 9.88. The first kappa shape index (κ1) is 29.3. The highest BCUT2D eigenvalue weighted by atomic mass is 16.5. The number of nitrogens with one attached hydrogen (secondary N) is 1. The van der Waals surface area contributed by atoms with Gasteiger partial charge in [0.2, 0.25) is 5.91 Å². The molecule has 1 aliphatic heterocycles. The van der Waals surface area contributed by atoms with E-state index in [1.54, 1.807) is 6.92 Å². The number of hydrogen-bond acceptors (Lipinski definition) is 5. The second-order valence-corrected chi connectivity index (χ2v) is 12.9. The van der Waals surface area contributed by atoms with E-state index in [1.807, 2.05) is 12.1 Å². The third-order valence-electron chi connectivity index (χ3n) is 9.88. The predicted octanol–water partition coefficient (Wildman–Crippen LogP) is 7.66. The van der Waals surface area contributed by atoms with Gasteiger partial charge in [0.05, 0.1) is 6.20 Å². The number of likely N-dealkylation sites (tertiary alicyclic amines) is 1. The lowest BCUT2D eigenvalue weighted by Gasteiger charge is -2.32. The lowest BCUT2D eigenvalue weighted by Crippen LogP contribution is -2.38. The summed E-state index contributed by atoms with van der Waals surface area (Å²) < 4.78 is 12.5. The average molecular weight is 604 g/mol. The summed E-state index contributed by atoms with van der Waals surface area (Å²) in [5.41, 5.74) is 9.64. The number of fused-ring (bicyclic) bond motifs is 1. The van der Waals surface area contributed by atoms with Crippen LogP contribution in [0.3, 0.4) is 0 Å². The second-order valence-electron chi connectivity index (χ2n) is 12.9. The van der Waals surface area contributed by atoms with Gasteiger partial charge in [-0.1, -0.05) is 43.3 Å². The van der Waals surface area contributed by atoms with Gasteiger partial charge in [0, 0.05) is 30.3 Å². The molecule has 3 aromatic carbocycles. The molecule has 0 radical (unpaired) electrons. The molecule has 1 N–H and O–H groups in total. The standard InChI is InChI=1S/C38H41N3O4/c1-4-25-21-30(44-38(43)33-22-39-40-24(33)3)12-13-31(25)32-7-5-6-27-10-15-35(36(27)32)45-34-14-11-29(20-23(34)2)26-16-18-41(19-17-26)37(42)28-8-9-28/h5-7,11-14,20-22,26,28,35H,4,8-10,15-19H2,1-3H3,(H,39,40)/t35-/m0/s1. The molecule has 1 atom stereocenters. The maximum Gasteiger partial charge on any atom is 0.347 e. The first-order valence-corrected chi connectivity index (χ1v) is 16.4. The lowest BCUT2D eigenvalue weighted by molar-refractivity contribution is -0.133. The van der Waals surface area contributed by atoms with Gasteiger partial charge in [0.25, 0.3) is 0 Å². The van der Waals surface area contributed by atoms with Crippen LogP contribution in [0.15, 0.2) is 60.8 Å². The topological polar surface area (TPSA) is 84.5 Å². The van der Waals surface area contributed by atoms with Crippen molar-refractivity contribution in [2.24, 2.45) is 5.92 Å². The monoisotopic (exact) mass is 603 g/mol. The summed E-state index contributed by atoms with van der Waals surface area (Å²) in [4.78, 5) is 27.3. The minimum absolute atomic E-state index is 0.0382. The van der Waals surface area contributed by atoms with Crippen molar-refractivity contribution in [3.05, 3.63) is 99.9 Å². The fourth-order valence-corrected chi connectivity index (χ4v) is 7.14. The van der Waals surface area contributed by atoms with Gasteiger partial charge >= 0.3 is 5.97 Å². The van der Waals surface area contributed by atoms with Crippen LogP contribution in [-0.4, -0.2) is 40.1 Å². The SMILES string of the molecule is CCc1cc(OC(=O)c2cn[nH]c2C)ccc1-c1cccc2c1[C@@H](Oc1ccc(C3CCN(C(=O)C4CC4)CC3)cc1C)CC2. The number of rotatable bonds is 8. The van der Waals surface area contributed by atoms with Crippen LogP contribution in [0.2, 0.25) is 0 Å². The maximum absolute atomic E-state index is 12.7. The van der Waals surface area contributed by atoms with Crippen LogP contribution in [0.1, 0.15) is 94.9 Å². The number of amides is 1. The molecule has 0 unspecified atom stereocenters. The molecule has 2 aliphatic carbocycles. The van der Waals surface area contributed by atoms with Crippen molar-refractivity contribution in [2.75, 3.05) is 13.1 Å². The number of esters is 1. The Bertz CT molecular complexity index is 1750. The van der Waals surface area contributed by atoms with Gasteiger partial charge in [-0.3, -0.25) is 9.89 Å². The number of carbonyl (C=O) groups is 2. The number of carbonyl (C=O) groups excluding carboxylic acids is 2. The molecule has 45 heavy (non-hydrogen) atoms. The molecule has 232 valence electrons. The molecule has 0 bridgehead atoms. The van der Waals surface area contributed by atoms with E-state index in [-0.39, 0.29) is 6.10 Å². The number of ether oxygens (including phenoxy) is 2. The Kier molecular flexibility index (Phi) is 7.94. The molecular weight excluding hydrogens is 562 g/mol. The number of benzene rings is 3. The van der Waals surface area contributed by atoms with Crippen LogP contribution in [0.5, 0.6) is 11.5 Å². The molecule has 0 spiro atoms. The molecule has 2 heterocycles. The molecule has 7 heteroatoms. The van der Waals surface area contributed by atoms with E-state index in [1.165, 1.54) is 28.5 Å². The largest absolute Gasteiger partial charge is 0.485 e. The summed E-state index contributed by atoms with van der Waals surface area (Å²) in [6.07, 6.45) is 8.37. The van der Waals surface area contributed by atoms with Crippen molar-refractivity contribution in [3.8, 4) is 22.6 Å². The number of piperidine rings is 1. The maximum atomic E-state index is 12.7. The van der Waals surface area contributed by atoms with E-state index >= 15 is 0 Å². The van der Waals surface area contributed by atoms with E-state index in [9.17, 15) is 9.59 Å². The Morgan fingerprint density at radius 2 is 1.78 bits per heavy atom. The van der Waals surface area contributed by atoms with Crippen LogP contribution in [0.25, 0.3) is 11.1 Å². The summed E-state index contributed by atoms with van der Waals surface area (Å²) in [5, 5.41) is 6.73. The van der Waals surface area contributed by atoms with Crippen molar-refractivity contribution in [3.63, 3.8) is 0 Å². The van der Waals surface area contributed by atoms with Crippen LogP contribution < -0.4 is 9.47 Å². The lowest BCUT2D eigenvalue weighted by atomic mass is 9.88. The number of nitrogens with zero attached hydrogens (tertiary/aromatic N) is 2. The quantitative estimate of drug-likeness (QED) is 0.165. The molecule has 2 fully saturated rings. The van der Waals surface area contributed by atoms with Gasteiger partial charge in [-0.25, -0.2) is 4.79 Å². The summed E-state index contributed by atoms with van der Waals surface area (Å²) in [7, 11) is 0. The summed E-state index contributed by atoms with van der Waals surface area (Å²) >= 11 is 0. The number of aromatic amines is 1. The first-order valence-electron chi connectivity index (χ1n) is 16.4. The average Bonchev–Trinajstić information content (AvgIpc) is 3.69. The minimum atomic E-state index is -0.416. The molecule has 7 rings (SSSR count). The van der Waals surface area contributed by atoms with Crippen molar-refractivity contribution >= 4 is 11.9 Å². The Balaban J connectivity index is 1.08. The molecule has 4 aromatic rings. The summed E-state index contributed by atoms with van der Waals surface area (Å²) in [6, 6.07) is 19.1. The first-order chi connectivity index (χ1) is 21.9. The van der Waals surface area contributed by atoms with Crippen LogP contribution in [0, 0.1) is 19.8 Å². The van der Waals surface area contributed by atoms with Crippen molar-refractivity contribution in [1.82, 2.24) is 15.1 Å². The molecular formula is C38H41N3O4.